The molecule has 0 aromatic heterocycles. The van der Waals surface area contributed by atoms with Crippen molar-refractivity contribution in [2.24, 2.45) is 0 Å². The number of hydrogen-bond donors (Lipinski definition) is 1. The van der Waals surface area contributed by atoms with Crippen molar-refractivity contribution in [3.8, 4) is 0 Å². The number of halogens is 1. The van der Waals surface area contributed by atoms with Gasteiger partial charge in [0.2, 0.25) is 0 Å². The van der Waals surface area contributed by atoms with Crippen LogP contribution in [0.5, 0.6) is 0 Å². The van der Waals surface area contributed by atoms with Crippen LogP contribution < -0.4 is 5.32 Å². The van der Waals surface area contributed by atoms with E-state index in [-0.39, 0.29) is 0 Å². The summed E-state index contributed by atoms with van der Waals surface area (Å²) in [7, 11) is 2.06. The summed E-state index contributed by atoms with van der Waals surface area (Å²) in [5.41, 5.74) is 2.73. The van der Waals surface area contributed by atoms with Gasteiger partial charge in [0.1, 0.15) is 0 Å². The Kier molecular flexibility index (Phi) is 7.60. The van der Waals surface area contributed by atoms with Crippen LogP contribution in [0, 0.1) is 6.92 Å². The van der Waals surface area contributed by atoms with Crippen LogP contribution in [0.25, 0.3) is 0 Å². The van der Waals surface area contributed by atoms with Crippen LogP contribution in [0.2, 0.25) is 0 Å². The molecular formula is C16H26BrN. The van der Waals surface area contributed by atoms with Gasteiger partial charge in [0.15, 0.2) is 0 Å². The zero-order valence-corrected chi connectivity index (χ0v) is 13.5. The minimum atomic E-state index is 0.489. The maximum atomic E-state index is 3.59. The first-order valence-corrected chi connectivity index (χ1v) is 7.91. The predicted octanol–water partition coefficient (Wildman–Crippen LogP) is 5.38. The van der Waals surface area contributed by atoms with Crippen LogP contribution in [0.3, 0.4) is 0 Å². The number of aryl methyl sites for hydroxylation is 1. The summed E-state index contributed by atoms with van der Waals surface area (Å²) in [4.78, 5) is 0. The molecule has 0 fully saturated rings. The van der Waals surface area contributed by atoms with Crippen LogP contribution in [0.1, 0.15) is 62.6 Å². The zero-order valence-electron chi connectivity index (χ0n) is 11.9. The molecule has 0 heterocycles. The zero-order chi connectivity index (χ0) is 13.4. The summed E-state index contributed by atoms with van der Waals surface area (Å²) >= 11 is 3.59. The average molecular weight is 312 g/mol. The van der Waals surface area contributed by atoms with Gasteiger partial charge in [-0.05, 0) is 43.7 Å². The van der Waals surface area contributed by atoms with E-state index in [1.54, 1.807) is 0 Å². The minimum Gasteiger partial charge on any atom is -0.313 e. The van der Waals surface area contributed by atoms with Gasteiger partial charge in [0, 0.05) is 10.5 Å². The van der Waals surface area contributed by atoms with E-state index in [4.69, 9.17) is 0 Å². The minimum absolute atomic E-state index is 0.489. The second kappa shape index (κ2) is 8.71. The number of hydrogen-bond acceptors (Lipinski definition) is 1. The van der Waals surface area contributed by atoms with E-state index in [0.29, 0.717) is 6.04 Å². The molecule has 102 valence electrons. The van der Waals surface area contributed by atoms with E-state index in [2.05, 4.69) is 60.3 Å². The molecule has 1 nitrogen and oxygen atoms in total. The number of rotatable bonds is 8. The molecule has 0 saturated heterocycles. The summed E-state index contributed by atoms with van der Waals surface area (Å²) in [5.74, 6) is 0. The Balaban J connectivity index is 2.49. The first-order chi connectivity index (χ1) is 8.67. The normalized spacial score (nSPS) is 12.7. The van der Waals surface area contributed by atoms with E-state index >= 15 is 0 Å². The van der Waals surface area contributed by atoms with Gasteiger partial charge >= 0.3 is 0 Å². The molecule has 18 heavy (non-hydrogen) atoms. The number of benzene rings is 1. The molecule has 2 heteroatoms. The highest BCUT2D eigenvalue weighted by molar-refractivity contribution is 9.10. The van der Waals surface area contributed by atoms with Gasteiger partial charge < -0.3 is 5.32 Å². The maximum absolute atomic E-state index is 3.59. The third-order valence-electron chi connectivity index (χ3n) is 3.41. The van der Waals surface area contributed by atoms with Crippen LogP contribution in [-0.4, -0.2) is 7.05 Å². The molecule has 1 atom stereocenters. The van der Waals surface area contributed by atoms with Crippen molar-refractivity contribution < 1.29 is 0 Å². The molecule has 0 radical (unpaired) electrons. The Morgan fingerprint density at radius 1 is 1.11 bits per heavy atom. The first kappa shape index (κ1) is 15.7. The van der Waals surface area contributed by atoms with Crippen molar-refractivity contribution in [1.29, 1.82) is 0 Å². The summed E-state index contributed by atoms with van der Waals surface area (Å²) in [6.07, 6.45) is 7.98. The highest BCUT2D eigenvalue weighted by Crippen LogP contribution is 2.24. The van der Waals surface area contributed by atoms with Crippen LogP contribution in [0.4, 0.5) is 0 Å². The fourth-order valence-electron chi connectivity index (χ4n) is 2.40. The molecule has 1 unspecified atom stereocenters. The Labute approximate surface area is 120 Å². The quantitative estimate of drug-likeness (QED) is 0.636. The Hall–Kier alpha value is -0.340. The molecular weight excluding hydrogens is 286 g/mol. The predicted molar refractivity (Wildman–Crippen MR) is 84.1 cm³/mol. The van der Waals surface area contributed by atoms with E-state index < -0.39 is 0 Å². The highest BCUT2D eigenvalue weighted by Gasteiger charge is 2.09. The Morgan fingerprint density at radius 3 is 2.44 bits per heavy atom. The van der Waals surface area contributed by atoms with Crippen LogP contribution in [0.15, 0.2) is 22.7 Å². The molecule has 1 aromatic carbocycles. The van der Waals surface area contributed by atoms with Gasteiger partial charge in [0.05, 0.1) is 0 Å². The second-order valence-electron chi connectivity index (χ2n) is 5.11. The number of nitrogens with one attached hydrogen (secondary N) is 1. The van der Waals surface area contributed by atoms with Gasteiger partial charge in [-0.1, -0.05) is 61.0 Å². The molecule has 0 saturated carbocycles. The summed E-state index contributed by atoms with van der Waals surface area (Å²) < 4.78 is 1.18. The first-order valence-electron chi connectivity index (χ1n) is 7.11. The molecule has 0 spiro atoms. The molecule has 0 amide bonds. The van der Waals surface area contributed by atoms with Crippen LogP contribution >= 0.6 is 15.9 Å². The van der Waals surface area contributed by atoms with Crippen LogP contribution in [-0.2, 0) is 0 Å². The van der Waals surface area contributed by atoms with Crippen molar-refractivity contribution in [2.75, 3.05) is 7.05 Å². The van der Waals surface area contributed by atoms with Crippen molar-refractivity contribution in [1.82, 2.24) is 5.32 Å². The molecule has 0 aliphatic heterocycles. The summed E-state index contributed by atoms with van der Waals surface area (Å²) in [6, 6.07) is 7.18. The molecule has 0 bridgehead atoms. The monoisotopic (exact) mass is 311 g/mol. The lowest BCUT2D eigenvalue weighted by Gasteiger charge is -2.17. The summed E-state index contributed by atoms with van der Waals surface area (Å²) in [5, 5.41) is 3.44. The van der Waals surface area contributed by atoms with Gasteiger partial charge in [0.25, 0.3) is 0 Å². The molecule has 0 aliphatic rings. The van der Waals surface area contributed by atoms with Gasteiger partial charge in [-0.25, -0.2) is 0 Å². The van der Waals surface area contributed by atoms with Crippen molar-refractivity contribution >= 4 is 15.9 Å². The third kappa shape index (κ3) is 5.53. The van der Waals surface area contributed by atoms with Gasteiger partial charge in [-0.15, -0.1) is 0 Å². The smallest absolute Gasteiger partial charge is 0.0318 e. The summed E-state index contributed by atoms with van der Waals surface area (Å²) in [6.45, 7) is 4.42. The molecule has 1 rings (SSSR count). The molecule has 1 aromatic rings. The SMILES string of the molecule is CCCCCCCC(NC)c1cc(C)cc(Br)c1. The van der Waals surface area contributed by atoms with E-state index in [0.717, 1.165) is 0 Å². The van der Waals surface area contributed by atoms with E-state index in [9.17, 15) is 0 Å². The second-order valence-corrected chi connectivity index (χ2v) is 6.02. The fraction of sp³-hybridized carbons (Fsp3) is 0.625. The fourth-order valence-corrected chi connectivity index (χ4v) is 3.02. The third-order valence-corrected chi connectivity index (χ3v) is 3.87. The highest BCUT2D eigenvalue weighted by atomic mass is 79.9. The average Bonchev–Trinajstić information content (AvgIpc) is 2.32. The Morgan fingerprint density at radius 2 is 1.83 bits per heavy atom. The standard InChI is InChI=1S/C16H26BrN/c1-4-5-6-7-8-9-16(18-3)14-10-13(2)11-15(17)12-14/h10-12,16,18H,4-9H2,1-3H3. The topological polar surface area (TPSA) is 12.0 Å². The van der Waals surface area contributed by atoms with Crippen molar-refractivity contribution in [3.05, 3.63) is 33.8 Å². The van der Waals surface area contributed by atoms with Gasteiger partial charge in [-0.2, -0.15) is 0 Å². The van der Waals surface area contributed by atoms with E-state index in [1.165, 1.54) is 54.1 Å². The van der Waals surface area contributed by atoms with E-state index in [1.807, 2.05) is 0 Å². The largest absolute Gasteiger partial charge is 0.313 e. The number of unbranched alkanes of at least 4 members (excludes halogenated alkanes) is 4. The lowest BCUT2D eigenvalue weighted by atomic mass is 9.98. The molecule has 1 N–H and O–H groups in total. The lowest BCUT2D eigenvalue weighted by Crippen LogP contribution is -2.16. The molecule has 0 aliphatic carbocycles. The van der Waals surface area contributed by atoms with Gasteiger partial charge in [-0.3, -0.25) is 0 Å². The van der Waals surface area contributed by atoms with Crippen molar-refractivity contribution in [3.63, 3.8) is 0 Å². The lowest BCUT2D eigenvalue weighted by molar-refractivity contribution is 0.500. The van der Waals surface area contributed by atoms with Crippen molar-refractivity contribution in [2.45, 2.75) is 58.4 Å². The Bertz CT molecular complexity index is 329. The maximum Gasteiger partial charge on any atom is 0.0318 e.